The molecule has 6 heteroatoms. The first kappa shape index (κ1) is 15.4. The highest BCUT2D eigenvalue weighted by molar-refractivity contribution is 6.34. The lowest BCUT2D eigenvalue weighted by molar-refractivity contribution is 0.102. The molecule has 1 N–H and O–H groups in total. The third kappa shape index (κ3) is 3.19. The van der Waals surface area contributed by atoms with E-state index < -0.39 is 0 Å². The van der Waals surface area contributed by atoms with Crippen molar-refractivity contribution in [2.75, 3.05) is 11.9 Å². The molecule has 0 radical (unpaired) electrons. The van der Waals surface area contributed by atoms with E-state index >= 15 is 0 Å². The van der Waals surface area contributed by atoms with Crippen molar-refractivity contribution in [1.82, 2.24) is 9.78 Å². The van der Waals surface area contributed by atoms with Gasteiger partial charge in [-0.3, -0.25) is 9.48 Å². The molecule has 0 aliphatic carbocycles. The summed E-state index contributed by atoms with van der Waals surface area (Å²) in [5, 5.41) is 7.28. The van der Waals surface area contributed by atoms with Crippen LogP contribution >= 0.6 is 11.6 Å². The van der Waals surface area contributed by atoms with Crippen LogP contribution in [-0.4, -0.2) is 22.3 Å². The number of anilines is 1. The van der Waals surface area contributed by atoms with Crippen LogP contribution in [0.5, 0.6) is 5.75 Å². The Bertz CT molecular complexity index is 680. The van der Waals surface area contributed by atoms with E-state index in [1.165, 1.54) is 0 Å². The van der Waals surface area contributed by atoms with Crippen molar-refractivity contribution < 1.29 is 9.53 Å². The Morgan fingerprint density at radius 3 is 2.71 bits per heavy atom. The van der Waals surface area contributed by atoms with E-state index in [0.29, 0.717) is 17.3 Å². The van der Waals surface area contributed by atoms with E-state index in [0.717, 1.165) is 17.0 Å². The monoisotopic (exact) mass is 307 g/mol. The number of hydrogen-bond acceptors (Lipinski definition) is 3. The first-order valence-electron chi connectivity index (χ1n) is 6.68. The lowest BCUT2D eigenvalue weighted by Gasteiger charge is -2.10. The number of carbonyl (C=O) groups is 1. The second-order valence-corrected chi connectivity index (χ2v) is 5.12. The summed E-state index contributed by atoms with van der Waals surface area (Å²) in [6.07, 6.45) is 0. The van der Waals surface area contributed by atoms with Crippen LogP contribution in [0.3, 0.4) is 0 Å². The van der Waals surface area contributed by atoms with Crippen LogP contribution in [0.4, 0.5) is 5.69 Å². The van der Waals surface area contributed by atoms with Gasteiger partial charge in [0.1, 0.15) is 5.75 Å². The molecule has 21 heavy (non-hydrogen) atoms. The molecular weight excluding hydrogens is 290 g/mol. The summed E-state index contributed by atoms with van der Waals surface area (Å²) in [6.45, 7) is 6.26. The van der Waals surface area contributed by atoms with Crippen LogP contribution in [0.25, 0.3) is 0 Å². The van der Waals surface area contributed by atoms with Gasteiger partial charge in [0.15, 0.2) is 5.69 Å². The predicted molar refractivity (Wildman–Crippen MR) is 83.3 cm³/mol. The SMILES string of the molecule is CCOc1cc(NC(=O)c2nn(C)c(C)c2Cl)ccc1C. The molecule has 5 nitrogen and oxygen atoms in total. The van der Waals surface area contributed by atoms with Gasteiger partial charge in [-0.1, -0.05) is 17.7 Å². The summed E-state index contributed by atoms with van der Waals surface area (Å²) in [6, 6.07) is 5.51. The lowest BCUT2D eigenvalue weighted by atomic mass is 10.2. The van der Waals surface area contributed by atoms with Gasteiger partial charge in [-0.2, -0.15) is 5.10 Å². The summed E-state index contributed by atoms with van der Waals surface area (Å²) in [4.78, 5) is 12.2. The fourth-order valence-electron chi connectivity index (χ4n) is 1.91. The number of nitrogens with one attached hydrogen (secondary N) is 1. The molecule has 0 saturated heterocycles. The minimum Gasteiger partial charge on any atom is -0.494 e. The maximum atomic E-state index is 12.2. The van der Waals surface area contributed by atoms with Crippen molar-refractivity contribution in [3.63, 3.8) is 0 Å². The van der Waals surface area contributed by atoms with Gasteiger partial charge in [0.2, 0.25) is 0 Å². The minimum absolute atomic E-state index is 0.218. The average Bonchev–Trinajstić information content (AvgIpc) is 2.70. The molecule has 1 aromatic carbocycles. The van der Waals surface area contributed by atoms with Gasteiger partial charge in [0, 0.05) is 18.8 Å². The highest BCUT2D eigenvalue weighted by Crippen LogP contribution is 2.24. The van der Waals surface area contributed by atoms with E-state index in [4.69, 9.17) is 16.3 Å². The first-order valence-corrected chi connectivity index (χ1v) is 7.05. The Morgan fingerprint density at radius 1 is 1.43 bits per heavy atom. The molecule has 2 rings (SSSR count). The van der Waals surface area contributed by atoms with Gasteiger partial charge >= 0.3 is 0 Å². The Labute approximate surface area is 128 Å². The highest BCUT2D eigenvalue weighted by Gasteiger charge is 2.18. The quantitative estimate of drug-likeness (QED) is 0.942. The zero-order valence-corrected chi connectivity index (χ0v) is 13.3. The lowest BCUT2D eigenvalue weighted by Crippen LogP contribution is -2.13. The Balaban J connectivity index is 2.23. The molecule has 0 aliphatic rings. The van der Waals surface area contributed by atoms with E-state index in [2.05, 4.69) is 10.4 Å². The molecule has 0 atom stereocenters. The molecule has 0 spiro atoms. The number of ether oxygens (including phenoxy) is 1. The Kier molecular flexibility index (Phi) is 4.53. The second-order valence-electron chi connectivity index (χ2n) is 4.74. The zero-order valence-electron chi connectivity index (χ0n) is 12.5. The molecule has 0 aliphatic heterocycles. The Morgan fingerprint density at radius 2 is 2.14 bits per heavy atom. The molecule has 0 bridgehead atoms. The number of aryl methyl sites for hydroxylation is 2. The highest BCUT2D eigenvalue weighted by atomic mass is 35.5. The van der Waals surface area contributed by atoms with E-state index in [9.17, 15) is 4.79 Å². The van der Waals surface area contributed by atoms with Gasteiger partial charge in [-0.15, -0.1) is 0 Å². The molecular formula is C15H18ClN3O2. The molecule has 0 fully saturated rings. The van der Waals surface area contributed by atoms with E-state index in [1.807, 2.05) is 32.9 Å². The molecule has 0 unspecified atom stereocenters. The molecule has 1 heterocycles. The maximum absolute atomic E-state index is 12.2. The number of carbonyl (C=O) groups excluding carboxylic acids is 1. The number of hydrogen-bond donors (Lipinski definition) is 1. The van der Waals surface area contributed by atoms with Gasteiger partial charge in [-0.25, -0.2) is 0 Å². The number of aromatic nitrogens is 2. The van der Waals surface area contributed by atoms with Crippen LogP contribution < -0.4 is 10.1 Å². The van der Waals surface area contributed by atoms with Gasteiger partial charge in [-0.05, 0) is 32.4 Å². The van der Waals surface area contributed by atoms with E-state index in [1.54, 1.807) is 17.8 Å². The smallest absolute Gasteiger partial charge is 0.277 e. The summed E-state index contributed by atoms with van der Waals surface area (Å²) in [7, 11) is 1.75. The van der Waals surface area contributed by atoms with Crippen LogP contribution in [0, 0.1) is 13.8 Å². The van der Waals surface area contributed by atoms with Crippen molar-refractivity contribution in [1.29, 1.82) is 0 Å². The van der Waals surface area contributed by atoms with Gasteiger partial charge in [0.05, 0.1) is 17.3 Å². The second kappa shape index (κ2) is 6.18. The van der Waals surface area contributed by atoms with Crippen LogP contribution in [0.2, 0.25) is 5.02 Å². The summed E-state index contributed by atoms with van der Waals surface area (Å²) < 4.78 is 7.10. The number of rotatable bonds is 4. The maximum Gasteiger partial charge on any atom is 0.277 e. The van der Waals surface area contributed by atoms with Crippen molar-refractivity contribution in [2.24, 2.45) is 7.05 Å². The fraction of sp³-hybridized carbons (Fsp3) is 0.333. The summed E-state index contributed by atoms with van der Waals surface area (Å²) >= 11 is 6.11. The first-order chi connectivity index (χ1) is 9.93. The average molecular weight is 308 g/mol. The van der Waals surface area contributed by atoms with Crippen molar-refractivity contribution in [2.45, 2.75) is 20.8 Å². The molecule has 1 amide bonds. The van der Waals surface area contributed by atoms with Gasteiger partial charge < -0.3 is 10.1 Å². The fourth-order valence-corrected chi connectivity index (χ4v) is 2.15. The van der Waals surface area contributed by atoms with Crippen molar-refractivity contribution in [3.8, 4) is 5.75 Å². The summed E-state index contributed by atoms with van der Waals surface area (Å²) in [5.41, 5.74) is 2.63. The number of halogens is 1. The largest absolute Gasteiger partial charge is 0.494 e. The molecule has 2 aromatic rings. The summed E-state index contributed by atoms with van der Waals surface area (Å²) in [5.74, 6) is 0.411. The van der Waals surface area contributed by atoms with Crippen molar-refractivity contribution >= 4 is 23.2 Å². The van der Waals surface area contributed by atoms with Gasteiger partial charge in [0.25, 0.3) is 5.91 Å². The van der Waals surface area contributed by atoms with E-state index in [-0.39, 0.29) is 11.6 Å². The standard InChI is InChI=1S/C15H18ClN3O2/c1-5-21-12-8-11(7-6-9(12)2)17-15(20)14-13(16)10(3)19(4)18-14/h6-8H,5H2,1-4H3,(H,17,20). The third-order valence-corrected chi connectivity index (χ3v) is 3.67. The third-order valence-electron chi connectivity index (χ3n) is 3.22. The molecule has 112 valence electrons. The number of nitrogens with zero attached hydrogens (tertiary/aromatic N) is 2. The molecule has 0 saturated carbocycles. The topological polar surface area (TPSA) is 56.1 Å². The van der Waals surface area contributed by atoms with Crippen LogP contribution in [0.1, 0.15) is 28.7 Å². The number of amides is 1. The predicted octanol–water partition coefficient (Wildman–Crippen LogP) is 3.34. The van der Waals surface area contributed by atoms with Crippen LogP contribution in [-0.2, 0) is 7.05 Å². The number of benzene rings is 1. The Hall–Kier alpha value is -2.01. The van der Waals surface area contributed by atoms with Crippen LogP contribution in [0.15, 0.2) is 18.2 Å². The minimum atomic E-state index is -0.338. The normalized spacial score (nSPS) is 10.5. The zero-order chi connectivity index (χ0) is 15.6. The van der Waals surface area contributed by atoms with Crippen molar-refractivity contribution in [3.05, 3.63) is 40.2 Å². The molecule has 1 aromatic heterocycles.